The molecule has 0 aliphatic carbocycles. The van der Waals surface area contributed by atoms with Crippen molar-refractivity contribution in [2.75, 3.05) is 11.4 Å². The second kappa shape index (κ2) is 3.94. The van der Waals surface area contributed by atoms with Crippen LogP contribution in [0.25, 0.3) is 0 Å². The molecule has 0 saturated carbocycles. The minimum atomic E-state index is -1.11. The molecule has 0 bridgehead atoms. The normalized spacial score (nSPS) is 19.4. The molecule has 1 aromatic heterocycles. The van der Waals surface area contributed by atoms with Crippen LogP contribution >= 0.6 is 0 Å². The number of carboxylic acid groups (broad SMARTS) is 1. The number of aryl methyl sites for hydroxylation is 1. The molecule has 0 spiro atoms. The zero-order chi connectivity index (χ0) is 12.6. The monoisotopic (exact) mass is 233 g/mol. The summed E-state index contributed by atoms with van der Waals surface area (Å²) in [6.07, 6.45) is 6.76. The smallest absolute Gasteiger partial charge is 0.341 e. The van der Waals surface area contributed by atoms with Gasteiger partial charge < -0.3 is 5.11 Å². The van der Waals surface area contributed by atoms with Crippen molar-refractivity contribution < 1.29 is 14.7 Å². The second-order valence-electron chi connectivity index (χ2n) is 3.88. The number of hydrogen-bond acceptors (Lipinski definition) is 3. The Bertz CT molecular complexity index is 527. The molecule has 1 saturated heterocycles. The lowest BCUT2D eigenvalue weighted by molar-refractivity contribution is -0.117. The van der Waals surface area contributed by atoms with Crippen molar-refractivity contribution in [3.05, 3.63) is 11.8 Å². The van der Waals surface area contributed by atoms with Crippen molar-refractivity contribution in [2.24, 2.45) is 13.0 Å². The molecular formula is C11H11N3O3. The largest absolute Gasteiger partial charge is 0.477 e. The van der Waals surface area contributed by atoms with Gasteiger partial charge in [0.25, 0.3) is 0 Å². The standard InChI is InChI=1S/C11H11N3O3/c1-3-7-4-9(15)14(6-7)10-8(11(16)17)5-12-13(10)2/h1,5,7H,4,6H2,2H3,(H,16,17). The molecular weight excluding hydrogens is 222 g/mol. The van der Waals surface area contributed by atoms with E-state index < -0.39 is 5.97 Å². The van der Waals surface area contributed by atoms with Gasteiger partial charge in [0.2, 0.25) is 5.91 Å². The molecule has 1 unspecified atom stereocenters. The zero-order valence-electron chi connectivity index (χ0n) is 9.25. The lowest BCUT2D eigenvalue weighted by Gasteiger charge is -2.16. The van der Waals surface area contributed by atoms with Gasteiger partial charge in [-0.1, -0.05) is 0 Å². The number of hydrogen-bond donors (Lipinski definition) is 1. The number of anilines is 1. The van der Waals surface area contributed by atoms with E-state index in [1.165, 1.54) is 15.8 Å². The van der Waals surface area contributed by atoms with Crippen LogP contribution in [0.3, 0.4) is 0 Å². The van der Waals surface area contributed by atoms with Crippen LogP contribution in [0.4, 0.5) is 5.82 Å². The summed E-state index contributed by atoms with van der Waals surface area (Å²) in [5.74, 6) is 1.37. The summed E-state index contributed by atoms with van der Waals surface area (Å²) in [7, 11) is 1.60. The van der Waals surface area contributed by atoms with Crippen LogP contribution in [-0.2, 0) is 11.8 Å². The molecule has 2 rings (SSSR count). The molecule has 17 heavy (non-hydrogen) atoms. The van der Waals surface area contributed by atoms with E-state index in [0.717, 1.165) is 0 Å². The number of aromatic carboxylic acids is 1. The first-order valence-electron chi connectivity index (χ1n) is 5.06. The lowest BCUT2D eigenvalue weighted by Crippen LogP contribution is -2.28. The maximum atomic E-state index is 11.8. The van der Waals surface area contributed by atoms with E-state index in [1.807, 2.05) is 0 Å². The van der Waals surface area contributed by atoms with Gasteiger partial charge in [0, 0.05) is 25.9 Å². The SMILES string of the molecule is C#CC1CC(=O)N(c2c(C(=O)O)cnn2C)C1. The van der Waals surface area contributed by atoms with Gasteiger partial charge in [0.15, 0.2) is 0 Å². The Hall–Kier alpha value is -2.29. The number of carbonyl (C=O) groups is 2. The van der Waals surface area contributed by atoms with E-state index in [9.17, 15) is 9.59 Å². The van der Waals surface area contributed by atoms with Crippen molar-refractivity contribution in [3.8, 4) is 12.3 Å². The number of terminal acetylenes is 1. The summed E-state index contributed by atoms with van der Waals surface area (Å²) in [5, 5.41) is 12.9. The third kappa shape index (κ3) is 1.76. The minimum Gasteiger partial charge on any atom is -0.477 e. The first kappa shape index (κ1) is 11.2. The van der Waals surface area contributed by atoms with Gasteiger partial charge in [-0.2, -0.15) is 5.10 Å². The highest BCUT2D eigenvalue weighted by atomic mass is 16.4. The van der Waals surface area contributed by atoms with E-state index in [1.54, 1.807) is 7.05 Å². The Labute approximate surface area is 97.8 Å². The molecule has 1 aromatic rings. The molecule has 6 nitrogen and oxygen atoms in total. The molecule has 1 aliphatic rings. The molecule has 88 valence electrons. The third-order valence-corrected chi connectivity index (χ3v) is 2.75. The van der Waals surface area contributed by atoms with Crippen molar-refractivity contribution in [2.45, 2.75) is 6.42 Å². The first-order valence-corrected chi connectivity index (χ1v) is 5.06. The third-order valence-electron chi connectivity index (χ3n) is 2.75. The predicted octanol–water partition coefficient (Wildman–Crippen LogP) is 0.104. The molecule has 1 amide bonds. The number of rotatable bonds is 2. The average molecular weight is 233 g/mol. The lowest BCUT2D eigenvalue weighted by atomic mass is 10.1. The Morgan fingerprint density at radius 1 is 1.71 bits per heavy atom. The van der Waals surface area contributed by atoms with Gasteiger partial charge in [-0.3, -0.25) is 14.4 Å². The zero-order valence-corrected chi connectivity index (χ0v) is 9.25. The number of carbonyl (C=O) groups excluding carboxylic acids is 1. The van der Waals surface area contributed by atoms with Crippen LogP contribution in [0.15, 0.2) is 6.20 Å². The van der Waals surface area contributed by atoms with Gasteiger partial charge in [-0.15, -0.1) is 12.3 Å². The maximum Gasteiger partial charge on any atom is 0.341 e. The van der Waals surface area contributed by atoms with Crippen LogP contribution < -0.4 is 4.90 Å². The van der Waals surface area contributed by atoms with E-state index in [-0.39, 0.29) is 23.8 Å². The highest BCUT2D eigenvalue weighted by molar-refractivity contribution is 6.02. The molecule has 0 aromatic carbocycles. The molecule has 6 heteroatoms. The Kier molecular flexibility index (Phi) is 2.60. The van der Waals surface area contributed by atoms with Gasteiger partial charge in [-0.25, -0.2) is 4.79 Å². The minimum absolute atomic E-state index is 0.0125. The summed E-state index contributed by atoms with van der Waals surface area (Å²) in [5.41, 5.74) is 0.0125. The fourth-order valence-electron chi connectivity index (χ4n) is 1.93. The molecule has 1 aliphatic heterocycles. The summed E-state index contributed by atoms with van der Waals surface area (Å²) < 4.78 is 1.38. The number of nitrogens with zero attached hydrogens (tertiary/aromatic N) is 3. The maximum absolute atomic E-state index is 11.8. The predicted molar refractivity (Wildman–Crippen MR) is 59.5 cm³/mol. The number of amides is 1. The molecule has 1 fully saturated rings. The van der Waals surface area contributed by atoms with Crippen LogP contribution in [0.2, 0.25) is 0 Å². The van der Waals surface area contributed by atoms with Crippen molar-refractivity contribution >= 4 is 17.7 Å². The van der Waals surface area contributed by atoms with E-state index in [2.05, 4.69) is 11.0 Å². The van der Waals surface area contributed by atoms with Crippen LogP contribution in [0, 0.1) is 18.3 Å². The first-order chi connectivity index (χ1) is 8.04. The molecule has 2 heterocycles. The van der Waals surface area contributed by atoms with E-state index in [0.29, 0.717) is 12.4 Å². The number of aromatic nitrogens is 2. The fourth-order valence-corrected chi connectivity index (χ4v) is 1.93. The second-order valence-corrected chi connectivity index (χ2v) is 3.88. The topological polar surface area (TPSA) is 75.4 Å². The van der Waals surface area contributed by atoms with Gasteiger partial charge in [0.05, 0.1) is 6.20 Å². The highest BCUT2D eigenvalue weighted by Crippen LogP contribution is 2.27. The Morgan fingerprint density at radius 2 is 2.41 bits per heavy atom. The van der Waals surface area contributed by atoms with Gasteiger partial charge >= 0.3 is 5.97 Å². The Balaban J connectivity index is 2.41. The molecule has 1 N–H and O–H groups in total. The van der Waals surface area contributed by atoms with Crippen molar-refractivity contribution in [3.63, 3.8) is 0 Å². The summed E-state index contributed by atoms with van der Waals surface area (Å²) in [4.78, 5) is 24.2. The van der Waals surface area contributed by atoms with Gasteiger partial charge in [-0.05, 0) is 0 Å². The quantitative estimate of drug-likeness (QED) is 0.735. The van der Waals surface area contributed by atoms with Gasteiger partial charge in [0.1, 0.15) is 11.4 Å². The summed E-state index contributed by atoms with van der Waals surface area (Å²) in [6.45, 7) is 0.342. The number of carboxylic acids is 1. The Morgan fingerprint density at radius 3 is 2.94 bits per heavy atom. The van der Waals surface area contributed by atoms with Crippen molar-refractivity contribution in [1.29, 1.82) is 0 Å². The van der Waals surface area contributed by atoms with E-state index >= 15 is 0 Å². The van der Waals surface area contributed by atoms with Crippen LogP contribution in [0.5, 0.6) is 0 Å². The highest BCUT2D eigenvalue weighted by Gasteiger charge is 2.33. The van der Waals surface area contributed by atoms with Crippen molar-refractivity contribution in [1.82, 2.24) is 9.78 Å². The average Bonchev–Trinajstić information content (AvgIpc) is 2.81. The molecule has 1 atom stereocenters. The fraction of sp³-hybridized carbons (Fsp3) is 0.364. The van der Waals surface area contributed by atoms with E-state index in [4.69, 9.17) is 11.5 Å². The van der Waals surface area contributed by atoms with Crippen LogP contribution in [0.1, 0.15) is 16.8 Å². The summed E-state index contributed by atoms with van der Waals surface area (Å²) in [6, 6.07) is 0. The van der Waals surface area contributed by atoms with Crippen LogP contribution in [-0.4, -0.2) is 33.3 Å². The summed E-state index contributed by atoms with van der Waals surface area (Å²) >= 11 is 0. The molecule has 0 radical (unpaired) electrons.